The van der Waals surface area contributed by atoms with Crippen LogP contribution >= 0.6 is 0 Å². The standard InChI is InChI=1S/C17H20O5/c1-17(2)11-21-16(19)14(17)22-15(18)13(20-3)10-9-12-7-5-4-6-8-12/h4-10,13-14H,11H2,1-3H3/b10-9+/t13-,14+/m1/s1. The highest BCUT2D eigenvalue weighted by atomic mass is 16.6. The summed E-state index contributed by atoms with van der Waals surface area (Å²) in [5.74, 6) is -1.12. The predicted octanol–water partition coefficient (Wildman–Crippen LogP) is 2.21. The van der Waals surface area contributed by atoms with Crippen molar-refractivity contribution in [3.8, 4) is 0 Å². The van der Waals surface area contributed by atoms with Gasteiger partial charge in [-0.1, -0.05) is 50.3 Å². The molecule has 0 amide bonds. The second-order valence-electron chi connectivity index (χ2n) is 5.84. The largest absolute Gasteiger partial charge is 0.462 e. The van der Waals surface area contributed by atoms with Gasteiger partial charge in [-0.25, -0.2) is 9.59 Å². The van der Waals surface area contributed by atoms with Gasteiger partial charge in [0.25, 0.3) is 0 Å². The molecule has 0 aliphatic carbocycles. The molecule has 0 unspecified atom stereocenters. The van der Waals surface area contributed by atoms with Gasteiger partial charge in [0, 0.05) is 12.5 Å². The number of hydrogen-bond donors (Lipinski definition) is 0. The smallest absolute Gasteiger partial charge is 0.348 e. The van der Waals surface area contributed by atoms with Crippen LogP contribution in [-0.4, -0.2) is 37.9 Å². The first-order valence-electron chi connectivity index (χ1n) is 7.07. The molecule has 1 aliphatic rings. The van der Waals surface area contributed by atoms with Gasteiger partial charge in [0.15, 0.2) is 6.10 Å². The Morgan fingerprint density at radius 1 is 1.36 bits per heavy atom. The number of ether oxygens (including phenoxy) is 3. The lowest BCUT2D eigenvalue weighted by molar-refractivity contribution is -0.168. The lowest BCUT2D eigenvalue weighted by Crippen LogP contribution is -2.38. The van der Waals surface area contributed by atoms with Crippen LogP contribution in [-0.2, 0) is 23.8 Å². The van der Waals surface area contributed by atoms with E-state index < -0.39 is 29.6 Å². The fourth-order valence-electron chi connectivity index (χ4n) is 2.13. The maximum absolute atomic E-state index is 12.2. The van der Waals surface area contributed by atoms with Crippen LogP contribution in [0.25, 0.3) is 6.08 Å². The van der Waals surface area contributed by atoms with Gasteiger partial charge in [0.05, 0.1) is 0 Å². The van der Waals surface area contributed by atoms with E-state index in [0.717, 1.165) is 5.56 Å². The second kappa shape index (κ2) is 6.75. The maximum Gasteiger partial charge on any atom is 0.348 e. The van der Waals surface area contributed by atoms with Crippen molar-refractivity contribution in [3.63, 3.8) is 0 Å². The SMILES string of the molecule is CO[C@H](/C=C/c1ccccc1)C(=O)O[C@H]1C(=O)OCC1(C)C. The molecule has 1 fully saturated rings. The third-order valence-electron chi connectivity index (χ3n) is 3.49. The van der Waals surface area contributed by atoms with E-state index in [-0.39, 0.29) is 6.61 Å². The average Bonchev–Trinajstić information content (AvgIpc) is 2.76. The highest BCUT2D eigenvalue weighted by molar-refractivity contribution is 5.84. The van der Waals surface area contributed by atoms with E-state index in [4.69, 9.17) is 14.2 Å². The van der Waals surface area contributed by atoms with E-state index in [1.807, 2.05) is 44.2 Å². The summed E-state index contributed by atoms with van der Waals surface area (Å²) in [6, 6.07) is 9.53. The monoisotopic (exact) mass is 304 g/mol. The van der Waals surface area contributed by atoms with Crippen molar-refractivity contribution in [2.24, 2.45) is 5.41 Å². The average molecular weight is 304 g/mol. The number of benzene rings is 1. The molecule has 1 heterocycles. The van der Waals surface area contributed by atoms with Crippen molar-refractivity contribution in [1.82, 2.24) is 0 Å². The molecule has 1 aromatic carbocycles. The van der Waals surface area contributed by atoms with Gasteiger partial charge in [-0.2, -0.15) is 0 Å². The molecule has 0 aromatic heterocycles. The molecule has 1 aliphatic heterocycles. The summed E-state index contributed by atoms with van der Waals surface area (Å²) in [5.41, 5.74) is 0.409. The molecular weight excluding hydrogens is 284 g/mol. The normalized spacial score (nSPS) is 21.6. The van der Waals surface area contributed by atoms with Crippen molar-refractivity contribution in [3.05, 3.63) is 42.0 Å². The topological polar surface area (TPSA) is 61.8 Å². The molecule has 2 atom stereocenters. The Balaban J connectivity index is 2.03. The third kappa shape index (κ3) is 3.74. The van der Waals surface area contributed by atoms with Crippen LogP contribution in [0.15, 0.2) is 36.4 Å². The summed E-state index contributed by atoms with van der Waals surface area (Å²) in [6.07, 6.45) is 1.60. The summed E-state index contributed by atoms with van der Waals surface area (Å²) in [4.78, 5) is 23.8. The van der Waals surface area contributed by atoms with Crippen LogP contribution in [0, 0.1) is 5.41 Å². The van der Waals surface area contributed by atoms with E-state index in [0.29, 0.717) is 0 Å². The summed E-state index contributed by atoms with van der Waals surface area (Å²) in [7, 11) is 1.42. The minimum atomic E-state index is -0.900. The number of carbonyl (C=O) groups excluding carboxylic acids is 2. The summed E-state index contributed by atoms with van der Waals surface area (Å²) in [6.45, 7) is 3.87. The minimum absolute atomic E-state index is 0.237. The van der Waals surface area contributed by atoms with E-state index in [1.165, 1.54) is 7.11 Å². The van der Waals surface area contributed by atoms with Gasteiger partial charge in [-0.15, -0.1) is 0 Å². The van der Waals surface area contributed by atoms with Crippen LogP contribution < -0.4 is 0 Å². The first-order valence-corrected chi connectivity index (χ1v) is 7.07. The molecule has 5 nitrogen and oxygen atoms in total. The highest BCUT2D eigenvalue weighted by Gasteiger charge is 2.47. The minimum Gasteiger partial charge on any atom is -0.462 e. The summed E-state index contributed by atoms with van der Waals surface area (Å²) >= 11 is 0. The molecule has 118 valence electrons. The van der Waals surface area contributed by atoms with Crippen LogP contribution in [0.1, 0.15) is 19.4 Å². The molecule has 0 spiro atoms. The number of carbonyl (C=O) groups is 2. The van der Waals surface area contributed by atoms with Crippen LogP contribution in [0.5, 0.6) is 0 Å². The number of esters is 2. The molecule has 0 radical (unpaired) electrons. The number of methoxy groups -OCH3 is 1. The van der Waals surface area contributed by atoms with Gasteiger partial charge in [-0.3, -0.25) is 0 Å². The van der Waals surface area contributed by atoms with Gasteiger partial charge < -0.3 is 14.2 Å². The molecule has 0 bridgehead atoms. The Morgan fingerprint density at radius 3 is 2.59 bits per heavy atom. The van der Waals surface area contributed by atoms with Gasteiger partial charge in [-0.05, 0) is 11.6 Å². The molecule has 0 N–H and O–H groups in total. The third-order valence-corrected chi connectivity index (χ3v) is 3.49. The Kier molecular flexibility index (Phi) is 4.98. The zero-order chi connectivity index (χ0) is 16.2. The Morgan fingerprint density at radius 2 is 2.05 bits per heavy atom. The molecule has 1 aromatic rings. The number of rotatable bonds is 5. The van der Waals surface area contributed by atoms with E-state index in [2.05, 4.69) is 0 Å². The molecule has 22 heavy (non-hydrogen) atoms. The molecular formula is C17H20O5. The van der Waals surface area contributed by atoms with Gasteiger partial charge >= 0.3 is 11.9 Å². The van der Waals surface area contributed by atoms with E-state index in [1.54, 1.807) is 12.2 Å². The second-order valence-corrected chi connectivity index (χ2v) is 5.84. The van der Waals surface area contributed by atoms with Gasteiger partial charge in [0.2, 0.25) is 6.10 Å². The van der Waals surface area contributed by atoms with Crippen molar-refractivity contribution in [2.45, 2.75) is 26.1 Å². The lowest BCUT2D eigenvalue weighted by Gasteiger charge is -2.23. The highest BCUT2D eigenvalue weighted by Crippen LogP contribution is 2.31. The van der Waals surface area contributed by atoms with Gasteiger partial charge in [0.1, 0.15) is 6.61 Å². The quantitative estimate of drug-likeness (QED) is 0.781. The number of cyclic esters (lactones) is 1. The zero-order valence-corrected chi connectivity index (χ0v) is 12.9. The van der Waals surface area contributed by atoms with Crippen LogP contribution in [0.4, 0.5) is 0 Å². The molecule has 2 rings (SSSR count). The van der Waals surface area contributed by atoms with E-state index in [9.17, 15) is 9.59 Å². The Hall–Kier alpha value is -2.14. The van der Waals surface area contributed by atoms with Crippen molar-refractivity contribution in [1.29, 1.82) is 0 Å². The fourth-order valence-corrected chi connectivity index (χ4v) is 2.13. The Bertz CT molecular complexity index is 562. The molecule has 1 saturated heterocycles. The van der Waals surface area contributed by atoms with Crippen LogP contribution in [0.2, 0.25) is 0 Å². The first-order chi connectivity index (χ1) is 10.4. The molecule has 5 heteroatoms. The van der Waals surface area contributed by atoms with Crippen molar-refractivity contribution >= 4 is 18.0 Å². The fraction of sp³-hybridized carbons (Fsp3) is 0.412. The summed E-state index contributed by atoms with van der Waals surface area (Å²) in [5, 5.41) is 0. The van der Waals surface area contributed by atoms with Crippen molar-refractivity contribution < 1.29 is 23.8 Å². The number of hydrogen-bond acceptors (Lipinski definition) is 5. The first kappa shape index (κ1) is 16.2. The Labute approximate surface area is 129 Å². The lowest BCUT2D eigenvalue weighted by atomic mass is 9.90. The maximum atomic E-state index is 12.2. The van der Waals surface area contributed by atoms with Crippen molar-refractivity contribution in [2.75, 3.05) is 13.7 Å². The predicted molar refractivity (Wildman–Crippen MR) is 80.9 cm³/mol. The summed E-state index contributed by atoms with van der Waals surface area (Å²) < 4.78 is 15.4. The van der Waals surface area contributed by atoms with Crippen LogP contribution in [0.3, 0.4) is 0 Å². The zero-order valence-electron chi connectivity index (χ0n) is 12.9. The van der Waals surface area contributed by atoms with E-state index >= 15 is 0 Å². The molecule has 0 saturated carbocycles.